The first-order chi connectivity index (χ1) is 12.3. The van der Waals surface area contributed by atoms with Crippen LogP contribution in [0.5, 0.6) is 0 Å². The molecule has 2 fully saturated rings. The highest BCUT2D eigenvalue weighted by atomic mass is 19.1. The molecule has 0 aliphatic heterocycles. The first kappa shape index (κ1) is 21.6. The molecule has 0 radical (unpaired) electrons. The molecule has 0 heterocycles. The van der Waals surface area contributed by atoms with Crippen LogP contribution in [0.1, 0.15) is 90.4 Å². The molecule has 0 spiro atoms. The first-order valence-electron chi connectivity index (χ1n) is 10.6. The second-order valence-corrected chi connectivity index (χ2v) is 8.95. The third kappa shape index (κ3) is 5.91. The fraction of sp³-hybridized carbons (Fsp3) is 0.952. The molecule has 5 atom stereocenters. The number of alkyl halides is 1. The monoisotopic (exact) mass is 372 g/mol. The minimum Gasteiger partial charge on any atom is -0.481 e. The van der Waals surface area contributed by atoms with Crippen LogP contribution < -0.4 is 0 Å². The molecular formula is C21H37FO4. The predicted octanol–water partition coefficient (Wildman–Crippen LogP) is 4.47. The summed E-state index contributed by atoms with van der Waals surface area (Å²) >= 11 is 0. The van der Waals surface area contributed by atoms with Crippen LogP contribution >= 0.6 is 0 Å². The van der Waals surface area contributed by atoms with Crippen molar-refractivity contribution in [1.82, 2.24) is 0 Å². The van der Waals surface area contributed by atoms with Gasteiger partial charge in [-0.2, -0.15) is 0 Å². The van der Waals surface area contributed by atoms with Gasteiger partial charge in [0.05, 0.1) is 12.2 Å². The van der Waals surface area contributed by atoms with Crippen LogP contribution in [0.25, 0.3) is 0 Å². The lowest BCUT2D eigenvalue weighted by atomic mass is 9.65. The number of aliphatic hydroxyl groups is 2. The van der Waals surface area contributed by atoms with E-state index >= 15 is 0 Å². The SMILES string of the molecule is CC1(C(O)CCC[C@H]2C(O)CC(F)[C@@H]2CCCCCCC(=O)O)CCC1. The number of rotatable bonds is 12. The fourth-order valence-corrected chi connectivity index (χ4v) is 4.91. The summed E-state index contributed by atoms with van der Waals surface area (Å²) in [4.78, 5) is 10.5. The normalized spacial score (nSPS) is 31.5. The van der Waals surface area contributed by atoms with Gasteiger partial charge in [-0.25, -0.2) is 4.39 Å². The highest BCUT2D eigenvalue weighted by molar-refractivity contribution is 5.66. The molecule has 3 unspecified atom stereocenters. The van der Waals surface area contributed by atoms with E-state index in [1.165, 1.54) is 6.42 Å². The predicted molar refractivity (Wildman–Crippen MR) is 99.7 cm³/mol. The van der Waals surface area contributed by atoms with E-state index in [4.69, 9.17) is 5.11 Å². The van der Waals surface area contributed by atoms with E-state index in [9.17, 15) is 19.4 Å². The van der Waals surface area contributed by atoms with Gasteiger partial charge in [0.15, 0.2) is 0 Å². The average molecular weight is 373 g/mol. The second-order valence-electron chi connectivity index (χ2n) is 8.95. The van der Waals surface area contributed by atoms with Crippen molar-refractivity contribution in [2.24, 2.45) is 17.3 Å². The van der Waals surface area contributed by atoms with Gasteiger partial charge in [0.25, 0.3) is 0 Å². The Kier molecular flexibility index (Phi) is 8.34. The van der Waals surface area contributed by atoms with E-state index in [0.717, 1.165) is 57.8 Å². The molecule has 2 aliphatic rings. The van der Waals surface area contributed by atoms with Crippen molar-refractivity contribution in [3.05, 3.63) is 0 Å². The quantitative estimate of drug-likeness (QED) is 0.442. The zero-order chi connectivity index (χ0) is 19.2. The number of carboxylic acids is 1. The largest absolute Gasteiger partial charge is 0.481 e. The van der Waals surface area contributed by atoms with Crippen LogP contribution in [-0.2, 0) is 4.79 Å². The highest BCUT2D eigenvalue weighted by Gasteiger charge is 2.42. The van der Waals surface area contributed by atoms with Crippen molar-refractivity contribution in [2.45, 2.75) is 109 Å². The third-order valence-electron chi connectivity index (χ3n) is 6.97. The lowest BCUT2D eigenvalue weighted by Gasteiger charge is -2.42. The smallest absolute Gasteiger partial charge is 0.303 e. The van der Waals surface area contributed by atoms with Gasteiger partial charge in [0, 0.05) is 12.8 Å². The van der Waals surface area contributed by atoms with Crippen LogP contribution in [0.4, 0.5) is 4.39 Å². The first-order valence-corrected chi connectivity index (χ1v) is 10.6. The molecular weight excluding hydrogens is 335 g/mol. The van der Waals surface area contributed by atoms with E-state index in [1.807, 2.05) is 0 Å². The number of hydrogen-bond donors (Lipinski definition) is 3. The summed E-state index contributed by atoms with van der Waals surface area (Å²) in [5.74, 6) is -0.836. The van der Waals surface area contributed by atoms with Crippen molar-refractivity contribution in [2.75, 3.05) is 0 Å². The fourth-order valence-electron chi connectivity index (χ4n) is 4.91. The van der Waals surface area contributed by atoms with Crippen LogP contribution in [0.3, 0.4) is 0 Å². The van der Waals surface area contributed by atoms with Gasteiger partial charge in [-0.3, -0.25) is 4.79 Å². The van der Waals surface area contributed by atoms with Gasteiger partial charge in [-0.15, -0.1) is 0 Å². The van der Waals surface area contributed by atoms with Gasteiger partial charge in [0.2, 0.25) is 0 Å². The molecule has 152 valence electrons. The molecule has 0 aromatic carbocycles. The van der Waals surface area contributed by atoms with E-state index in [0.29, 0.717) is 6.42 Å². The summed E-state index contributed by atoms with van der Waals surface area (Å²) in [5, 5.41) is 29.3. The number of unbranched alkanes of at least 4 members (excludes halogenated alkanes) is 3. The second kappa shape index (κ2) is 10.0. The molecule has 0 bridgehead atoms. The summed E-state index contributed by atoms with van der Waals surface area (Å²) < 4.78 is 14.3. The molecule has 26 heavy (non-hydrogen) atoms. The lowest BCUT2D eigenvalue weighted by molar-refractivity contribution is -0.137. The molecule has 0 aromatic rings. The minimum absolute atomic E-state index is 0.00502. The number of aliphatic hydroxyl groups excluding tert-OH is 2. The van der Waals surface area contributed by atoms with E-state index in [-0.39, 0.29) is 36.2 Å². The number of carbonyl (C=O) groups is 1. The van der Waals surface area contributed by atoms with Crippen molar-refractivity contribution < 1.29 is 24.5 Å². The zero-order valence-electron chi connectivity index (χ0n) is 16.2. The van der Waals surface area contributed by atoms with Gasteiger partial charge in [0.1, 0.15) is 6.17 Å². The Morgan fingerprint density at radius 2 is 1.77 bits per heavy atom. The molecule has 2 saturated carbocycles. The van der Waals surface area contributed by atoms with Crippen LogP contribution in [0.2, 0.25) is 0 Å². The Balaban J connectivity index is 1.68. The van der Waals surface area contributed by atoms with E-state index < -0.39 is 18.2 Å². The van der Waals surface area contributed by atoms with E-state index in [2.05, 4.69) is 6.92 Å². The van der Waals surface area contributed by atoms with Crippen LogP contribution in [-0.4, -0.2) is 39.7 Å². The molecule has 3 N–H and O–H groups in total. The Bertz CT molecular complexity index is 438. The van der Waals surface area contributed by atoms with Gasteiger partial charge < -0.3 is 15.3 Å². The van der Waals surface area contributed by atoms with Gasteiger partial charge in [-0.05, 0) is 55.8 Å². The number of hydrogen-bond acceptors (Lipinski definition) is 3. The molecule has 4 nitrogen and oxygen atoms in total. The third-order valence-corrected chi connectivity index (χ3v) is 6.97. The maximum absolute atomic E-state index is 14.3. The van der Waals surface area contributed by atoms with Gasteiger partial charge >= 0.3 is 5.97 Å². The van der Waals surface area contributed by atoms with Crippen molar-refractivity contribution in [3.63, 3.8) is 0 Å². The minimum atomic E-state index is -0.928. The Morgan fingerprint density at radius 1 is 1.12 bits per heavy atom. The molecule has 2 aliphatic carbocycles. The van der Waals surface area contributed by atoms with Gasteiger partial charge in [-0.1, -0.05) is 39.0 Å². The van der Waals surface area contributed by atoms with Crippen molar-refractivity contribution in [3.8, 4) is 0 Å². The average Bonchev–Trinajstić information content (AvgIpc) is 2.81. The Hall–Kier alpha value is -0.680. The maximum Gasteiger partial charge on any atom is 0.303 e. The number of halogens is 1. The molecule has 0 aromatic heterocycles. The molecule has 0 amide bonds. The highest BCUT2D eigenvalue weighted by Crippen LogP contribution is 2.45. The summed E-state index contributed by atoms with van der Waals surface area (Å²) in [7, 11) is 0. The molecule has 2 rings (SSSR count). The topological polar surface area (TPSA) is 77.8 Å². The lowest BCUT2D eigenvalue weighted by Crippen LogP contribution is -2.38. The number of aliphatic carboxylic acids is 1. The summed E-state index contributed by atoms with van der Waals surface area (Å²) in [6, 6.07) is 0. The summed E-state index contributed by atoms with van der Waals surface area (Å²) in [6.07, 6.45) is 8.62. The maximum atomic E-state index is 14.3. The zero-order valence-corrected chi connectivity index (χ0v) is 16.2. The molecule has 5 heteroatoms. The molecule has 0 saturated heterocycles. The Labute approximate surface area is 157 Å². The summed E-state index contributed by atoms with van der Waals surface area (Å²) in [6.45, 7) is 2.15. The van der Waals surface area contributed by atoms with Crippen molar-refractivity contribution >= 4 is 5.97 Å². The Morgan fingerprint density at radius 3 is 2.38 bits per heavy atom. The summed E-state index contributed by atoms with van der Waals surface area (Å²) in [5.41, 5.74) is 0.0757. The van der Waals surface area contributed by atoms with E-state index in [1.54, 1.807) is 0 Å². The van der Waals surface area contributed by atoms with Crippen LogP contribution in [0, 0.1) is 17.3 Å². The van der Waals surface area contributed by atoms with Crippen molar-refractivity contribution in [1.29, 1.82) is 0 Å². The number of carboxylic acid groups (broad SMARTS) is 1. The standard InChI is InChI=1S/C21H37FO4/c1-21(12-7-13-21)19(24)10-6-9-16-15(17(22)14-18(16)23)8-4-2-3-5-11-20(25)26/h15-19,23-24H,2-14H2,1H3,(H,25,26)/t15-,16-,17?,18?,19?/m1/s1. The van der Waals surface area contributed by atoms with Crippen LogP contribution in [0.15, 0.2) is 0 Å².